The van der Waals surface area contributed by atoms with Gasteiger partial charge in [0, 0.05) is 0 Å². The van der Waals surface area contributed by atoms with Gasteiger partial charge in [0.15, 0.2) is 0 Å². The van der Waals surface area contributed by atoms with Crippen molar-refractivity contribution in [1.29, 1.82) is 0 Å². The molecule has 0 unspecified atom stereocenters. The second-order valence-electron chi connectivity index (χ2n) is 2.86. The quantitative estimate of drug-likeness (QED) is 0.733. The first-order valence-electron chi connectivity index (χ1n) is 2.05. The number of rotatable bonds is 2. The summed E-state index contributed by atoms with van der Waals surface area (Å²) < 4.78 is 94.8. The van der Waals surface area contributed by atoms with Crippen LogP contribution >= 0.6 is 0 Å². The van der Waals surface area contributed by atoms with Crippen LogP contribution in [0.1, 0.15) is 0 Å². The molecule has 0 saturated carbocycles. The topological polar surface area (TPSA) is 35.5 Å². The van der Waals surface area contributed by atoms with Crippen molar-refractivity contribution in [3.8, 4) is 0 Å². The predicted octanol–water partition coefficient (Wildman–Crippen LogP) is 3.10. The number of hydrogen-bond donors (Lipinski definition) is 0. The molecule has 0 aromatic carbocycles. The first-order chi connectivity index (χ1) is 4.22. The molecule has 12 heavy (non-hydrogen) atoms. The minimum absolute atomic E-state index is 0.466. The number of hydrogen-bond acceptors (Lipinski definition) is 3. The molecule has 0 saturated heterocycles. The first-order valence-corrected chi connectivity index (χ1v) is 10.6. The van der Waals surface area contributed by atoms with Crippen molar-refractivity contribution in [2.75, 3.05) is 0 Å². The van der Waals surface area contributed by atoms with Gasteiger partial charge in [-0.2, -0.15) is 0 Å². The average molecular weight is 291 g/mol. The van der Waals surface area contributed by atoms with Gasteiger partial charge >= 0.3 is 51.0 Å². The van der Waals surface area contributed by atoms with E-state index in [1.54, 1.807) is 0 Å². The molecule has 0 radical (unpaired) electrons. The Kier molecular flexibility index (Phi) is 0.772. The Balaban J connectivity index is 6.93. The minimum atomic E-state index is -16.6. The molecule has 0 aromatic rings. The Bertz CT molecular complexity index is 382. The van der Waals surface area contributed by atoms with Crippen molar-refractivity contribution in [2.24, 2.45) is 0 Å². The van der Waals surface area contributed by atoms with E-state index in [-0.39, 0.29) is 0 Å². The van der Waals surface area contributed by atoms with Crippen molar-refractivity contribution < 1.29 is 51.0 Å². The summed E-state index contributed by atoms with van der Waals surface area (Å²) in [5.74, 6) is 0. The fourth-order valence-corrected chi connectivity index (χ4v) is 0.0704. The van der Waals surface area contributed by atoms with E-state index >= 15 is 0 Å². The standard InChI is InChI=1S/2FO.6FH.O.Zr/c2*1-2;;;;;;;;/h;;6*1H;;/q2*-1;;;;;;;;+8/p-6. The van der Waals surface area contributed by atoms with Gasteiger partial charge in [0.2, 0.25) is 0 Å². The molecule has 0 aliphatic rings. The van der Waals surface area contributed by atoms with E-state index in [2.05, 4.69) is 0 Å². The molecule has 3 nitrogen and oxygen atoms in total. The predicted molar refractivity (Wildman–Crippen MR) is 11.7 cm³/mol. The van der Waals surface area contributed by atoms with Crippen LogP contribution in [0.4, 0.5) is 24.8 Å². The zero-order valence-electron chi connectivity index (χ0n) is 4.75. The van der Waals surface area contributed by atoms with E-state index in [0.29, 0.717) is 0 Å². The monoisotopic (exact) mass is 290 g/mol. The maximum atomic E-state index is 11.1. The zero-order chi connectivity index (χ0) is 10.7. The molecule has 78 valence electrons. The molecule has 12 heteroatoms. The number of halogens is 8. The molecule has 0 spiro atoms. The Hall–Kier alpha value is 0.0431. The van der Waals surface area contributed by atoms with Gasteiger partial charge in [-0.25, -0.2) is 0 Å². The van der Waals surface area contributed by atoms with Gasteiger partial charge in [-0.3, -0.25) is 0 Å². The molecule has 0 aromatic heterocycles. The van der Waals surface area contributed by atoms with Gasteiger partial charge in [0.25, 0.3) is 0 Å². The molecule has 0 amide bonds. The summed E-state index contributed by atoms with van der Waals surface area (Å²) in [5.41, 5.74) is 0. The summed E-state index contributed by atoms with van der Waals surface area (Å²) in [4.78, 5) is 0. The molecule has 0 heterocycles. The van der Waals surface area contributed by atoms with Crippen molar-refractivity contribution in [2.45, 2.75) is 0 Å². The molecule has 0 fully saturated rings. The van der Waals surface area contributed by atoms with Crippen molar-refractivity contribution in [3.63, 3.8) is 0 Å². The Morgan fingerprint density at radius 2 is 0.917 bits per heavy atom. The van der Waals surface area contributed by atoms with Crippen LogP contribution in [0.5, 0.6) is 0 Å². The summed E-state index contributed by atoms with van der Waals surface area (Å²) in [7, 11) is 0. The summed E-state index contributed by atoms with van der Waals surface area (Å²) >= 11 is -16.6. The zero-order valence-corrected chi connectivity index (χ0v) is 7.21. The molecule has 0 atom stereocenters. The molecule has 0 aliphatic carbocycles. The van der Waals surface area contributed by atoms with E-state index in [1.165, 1.54) is 0 Å². The van der Waals surface area contributed by atoms with Crippen LogP contribution in [0, 0.1) is 0 Å². The molecule has 0 aliphatic heterocycles. The summed E-state index contributed by atoms with van der Waals surface area (Å²) in [6.07, 6.45) is 0. The Morgan fingerprint density at radius 1 is 0.750 bits per heavy atom. The summed E-state index contributed by atoms with van der Waals surface area (Å²) in [6.45, 7) is 0. The third-order valence-corrected chi connectivity index (χ3v) is 2.82. The van der Waals surface area contributed by atoms with Crippen molar-refractivity contribution >= 4 is 0 Å². The van der Waals surface area contributed by atoms with Crippen LogP contribution in [-0.4, -0.2) is 0 Å². The third kappa shape index (κ3) is 3.19. The summed E-state index contributed by atoms with van der Waals surface area (Å²) in [5, 5.41) is 0. The Morgan fingerprint density at radius 3 is 0.917 bits per heavy atom. The fourth-order valence-electron chi connectivity index (χ4n) is 0.0119. The van der Waals surface area contributed by atoms with Crippen LogP contribution in [-0.2, 0) is 26.2 Å². The molecule has 0 bridgehead atoms. The van der Waals surface area contributed by atoms with Gasteiger partial charge in [-0.05, 0) is 0 Å². The van der Waals surface area contributed by atoms with Crippen LogP contribution < -0.4 is 0 Å². The van der Waals surface area contributed by atoms with Gasteiger partial charge in [-0.15, -0.1) is 0 Å². The Labute approximate surface area is 51.7 Å². The van der Waals surface area contributed by atoms with E-state index < -0.39 is 23.4 Å². The molecule has 0 N–H and O–H groups in total. The second kappa shape index (κ2) is 0.770. The van der Waals surface area contributed by atoms with Gasteiger partial charge in [-0.1, -0.05) is 0 Å². The van der Waals surface area contributed by atoms with E-state index in [1.807, 2.05) is 0 Å². The van der Waals surface area contributed by atoms with E-state index in [0.717, 1.165) is 0 Å². The van der Waals surface area contributed by atoms with Crippen LogP contribution in [0.2, 0.25) is 0 Å². The second-order valence-corrected chi connectivity index (χ2v) is 16.9. The van der Waals surface area contributed by atoms with Crippen LogP contribution in [0.3, 0.4) is 0 Å². The average Bonchev–Trinajstić information content (AvgIpc) is 1.64. The first kappa shape index (κ1) is 12.0. The van der Waals surface area contributed by atoms with Gasteiger partial charge < -0.3 is 0 Å². The van der Waals surface area contributed by atoms with E-state index in [4.69, 9.17) is 2.81 Å². The van der Waals surface area contributed by atoms with Gasteiger partial charge in [0.1, 0.15) is 0 Å². The van der Waals surface area contributed by atoms with E-state index in [9.17, 15) is 24.8 Å². The maximum absolute atomic E-state index is 16.6. The normalized spacial score (nSPS) is 31.2. The molecule has 0 rings (SSSR count). The summed E-state index contributed by atoms with van der Waals surface area (Å²) in [6, 6.07) is 0. The molecular weight excluding hydrogens is 291 g/mol. The van der Waals surface area contributed by atoms with Crippen LogP contribution in [0.15, 0.2) is 0 Å². The third-order valence-electron chi connectivity index (χ3n) is 0.476. The van der Waals surface area contributed by atoms with Crippen molar-refractivity contribution in [1.82, 2.24) is 0 Å². The van der Waals surface area contributed by atoms with Crippen LogP contribution in [0.25, 0.3) is 0 Å². The van der Waals surface area contributed by atoms with Gasteiger partial charge in [0.05, 0.1) is 0 Å². The van der Waals surface area contributed by atoms with Crippen molar-refractivity contribution in [3.05, 3.63) is 0 Å². The fraction of sp³-hybridized carbons (Fsp3) is 0. The SMILES string of the molecule is [O]=[Zr]([F])([F])([F])([F])([F])([F])([O]F)[O]F. The molecular formula is F8O3Zr.